The van der Waals surface area contributed by atoms with E-state index in [1.54, 1.807) is 0 Å². The summed E-state index contributed by atoms with van der Waals surface area (Å²) in [6.07, 6.45) is 5.87. The largest absolute Gasteiger partial charge is 0.314 e. The van der Waals surface area contributed by atoms with Crippen molar-refractivity contribution in [2.45, 2.75) is 45.6 Å². The first-order chi connectivity index (χ1) is 7.29. The second-order valence-corrected chi connectivity index (χ2v) is 3.86. The Morgan fingerprint density at radius 2 is 1.93 bits per heavy atom. The van der Waals surface area contributed by atoms with E-state index in [4.69, 9.17) is 0 Å². The maximum absolute atomic E-state index is 4.33. The van der Waals surface area contributed by atoms with Gasteiger partial charge in [0.25, 0.3) is 0 Å². The van der Waals surface area contributed by atoms with Gasteiger partial charge in [0.05, 0.1) is 0 Å². The van der Waals surface area contributed by atoms with Crippen molar-refractivity contribution in [2.24, 2.45) is 0 Å². The quantitative estimate of drug-likeness (QED) is 0.778. The number of hydrogen-bond acceptors (Lipinski definition) is 3. The third-order valence-corrected chi connectivity index (χ3v) is 2.68. The second kappa shape index (κ2) is 6.51. The molecule has 15 heavy (non-hydrogen) atoms. The lowest BCUT2D eigenvalue weighted by Crippen LogP contribution is -2.33. The van der Waals surface area contributed by atoms with Gasteiger partial charge in [-0.2, -0.15) is 0 Å². The highest BCUT2D eigenvalue weighted by molar-refractivity contribution is 5.00. The van der Waals surface area contributed by atoms with Gasteiger partial charge in [0.2, 0.25) is 0 Å². The van der Waals surface area contributed by atoms with Gasteiger partial charge >= 0.3 is 0 Å². The van der Waals surface area contributed by atoms with E-state index in [0.29, 0.717) is 12.0 Å². The highest BCUT2D eigenvalue weighted by Gasteiger charge is 2.18. The van der Waals surface area contributed by atoms with Gasteiger partial charge < -0.3 is 5.32 Å². The first-order valence-electron chi connectivity index (χ1n) is 5.79. The highest BCUT2D eigenvalue weighted by atomic mass is 14.9. The highest BCUT2D eigenvalue weighted by Crippen LogP contribution is 2.18. The van der Waals surface area contributed by atoms with Crippen LogP contribution >= 0.6 is 0 Å². The molecule has 3 heteroatoms. The third kappa shape index (κ3) is 3.59. The van der Waals surface area contributed by atoms with Gasteiger partial charge in [-0.05, 0) is 32.4 Å². The van der Waals surface area contributed by atoms with Crippen LogP contribution in [0.25, 0.3) is 0 Å². The standard InChI is InChI=1S/C12H21N3/c1-4-7-13-10(3)11(5-2)12-14-8-6-9-15-12/h6,8-11,13H,4-5,7H2,1-3H3. The molecule has 0 radical (unpaired) electrons. The molecule has 2 atom stereocenters. The molecule has 0 amide bonds. The fraction of sp³-hybridized carbons (Fsp3) is 0.667. The van der Waals surface area contributed by atoms with Crippen molar-refractivity contribution in [3.63, 3.8) is 0 Å². The van der Waals surface area contributed by atoms with Crippen molar-refractivity contribution in [1.82, 2.24) is 15.3 Å². The topological polar surface area (TPSA) is 37.8 Å². The molecule has 0 aliphatic carbocycles. The molecule has 0 aromatic carbocycles. The summed E-state index contributed by atoms with van der Waals surface area (Å²) in [5, 5.41) is 3.50. The van der Waals surface area contributed by atoms with Crippen LogP contribution in [0.15, 0.2) is 18.5 Å². The summed E-state index contributed by atoms with van der Waals surface area (Å²) in [6.45, 7) is 7.63. The molecule has 1 aromatic heterocycles. The fourth-order valence-corrected chi connectivity index (χ4v) is 1.78. The summed E-state index contributed by atoms with van der Waals surface area (Å²) < 4.78 is 0. The monoisotopic (exact) mass is 207 g/mol. The maximum Gasteiger partial charge on any atom is 0.132 e. The van der Waals surface area contributed by atoms with Crippen LogP contribution in [0.5, 0.6) is 0 Å². The van der Waals surface area contributed by atoms with Crippen LogP contribution in [-0.2, 0) is 0 Å². The molecule has 0 saturated carbocycles. The number of rotatable bonds is 6. The third-order valence-electron chi connectivity index (χ3n) is 2.68. The molecule has 84 valence electrons. The van der Waals surface area contributed by atoms with Crippen molar-refractivity contribution >= 4 is 0 Å². The molecule has 2 unspecified atom stereocenters. The van der Waals surface area contributed by atoms with Crippen LogP contribution in [-0.4, -0.2) is 22.6 Å². The van der Waals surface area contributed by atoms with E-state index in [1.807, 2.05) is 18.5 Å². The van der Waals surface area contributed by atoms with Crippen molar-refractivity contribution in [3.05, 3.63) is 24.3 Å². The van der Waals surface area contributed by atoms with E-state index in [2.05, 4.69) is 36.1 Å². The van der Waals surface area contributed by atoms with Gasteiger partial charge in [0, 0.05) is 24.4 Å². The normalized spacial score (nSPS) is 14.9. The SMILES string of the molecule is CCCNC(C)C(CC)c1ncccn1. The Kier molecular flexibility index (Phi) is 5.26. The number of aromatic nitrogens is 2. The molecule has 0 bridgehead atoms. The summed E-state index contributed by atoms with van der Waals surface area (Å²) in [6, 6.07) is 2.30. The van der Waals surface area contributed by atoms with E-state index in [9.17, 15) is 0 Å². The van der Waals surface area contributed by atoms with Gasteiger partial charge in [0.15, 0.2) is 0 Å². The number of nitrogens with zero attached hydrogens (tertiary/aromatic N) is 2. The zero-order valence-corrected chi connectivity index (χ0v) is 9.90. The smallest absolute Gasteiger partial charge is 0.132 e. The van der Waals surface area contributed by atoms with Crippen LogP contribution in [0.2, 0.25) is 0 Å². The summed E-state index contributed by atoms with van der Waals surface area (Å²) >= 11 is 0. The average molecular weight is 207 g/mol. The molecule has 0 aliphatic heterocycles. The zero-order valence-electron chi connectivity index (χ0n) is 9.90. The van der Waals surface area contributed by atoms with Gasteiger partial charge in [0.1, 0.15) is 5.82 Å². The Hall–Kier alpha value is -0.960. The molecular weight excluding hydrogens is 186 g/mol. The lowest BCUT2D eigenvalue weighted by atomic mass is 9.97. The van der Waals surface area contributed by atoms with Crippen LogP contribution in [0.1, 0.15) is 45.4 Å². The molecule has 3 nitrogen and oxygen atoms in total. The van der Waals surface area contributed by atoms with E-state index in [-0.39, 0.29) is 0 Å². The summed E-state index contributed by atoms with van der Waals surface area (Å²) in [5.41, 5.74) is 0. The van der Waals surface area contributed by atoms with Crippen molar-refractivity contribution in [1.29, 1.82) is 0 Å². The molecule has 1 rings (SSSR count). The van der Waals surface area contributed by atoms with Gasteiger partial charge in [-0.15, -0.1) is 0 Å². The second-order valence-electron chi connectivity index (χ2n) is 3.86. The number of nitrogens with one attached hydrogen (secondary N) is 1. The minimum Gasteiger partial charge on any atom is -0.314 e. The maximum atomic E-state index is 4.33. The molecular formula is C12H21N3. The van der Waals surface area contributed by atoms with Crippen LogP contribution in [0.3, 0.4) is 0 Å². The van der Waals surface area contributed by atoms with Gasteiger partial charge in [-0.25, -0.2) is 9.97 Å². The Balaban J connectivity index is 2.63. The first kappa shape index (κ1) is 12.1. The first-order valence-corrected chi connectivity index (χ1v) is 5.79. The summed E-state index contributed by atoms with van der Waals surface area (Å²) in [4.78, 5) is 8.66. The van der Waals surface area contributed by atoms with Crippen LogP contribution in [0.4, 0.5) is 0 Å². The molecule has 1 heterocycles. The molecule has 0 spiro atoms. The van der Waals surface area contributed by atoms with E-state index in [0.717, 1.165) is 25.2 Å². The predicted octanol–water partition coefficient (Wildman–Crippen LogP) is 2.36. The minimum atomic E-state index is 0.415. The van der Waals surface area contributed by atoms with Crippen molar-refractivity contribution < 1.29 is 0 Å². The molecule has 0 aliphatic rings. The number of hydrogen-bond donors (Lipinski definition) is 1. The molecule has 1 N–H and O–H groups in total. The van der Waals surface area contributed by atoms with Crippen molar-refractivity contribution in [2.75, 3.05) is 6.54 Å². The average Bonchev–Trinajstić information content (AvgIpc) is 2.29. The minimum absolute atomic E-state index is 0.415. The fourth-order valence-electron chi connectivity index (χ4n) is 1.78. The van der Waals surface area contributed by atoms with E-state index in [1.165, 1.54) is 0 Å². The molecule has 0 saturated heterocycles. The lowest BCUT2D eigenvalue weighted by molar-refractivity contribution is 0.435. The van der Waals surface area contributed by atoms with Gasteiger partial charge in [-0.1, -0.05) is 13.8 Å². The van der Waals surface area contributed by atoms with Crippen LogP contribution in [0, 0.1) is 0 Å². The Bertz CT molecular complexity index is 261. The zero-order chi connectivity index (χ0) is 11.1. The Morgan fingerprint density at radius 1 is 1.27 bits per heavy atom. The summed E-state index contributed by atoms with van der Waals surface area (Å²) in [5.74, 6) is 1.37. The van der Waals surface area contributed by atoms with E-state index >= 15 is 0 Å². The molecule has 1 aromatic rings. The van der Waals surface area contributed by atoms with Crippen LogP contribution < -0.4 is 5.32 Å². The lowest BCUT2D eigenvalue weighted by Gasteiger charge is -2.22. The predicted molar refractivity (Wildman–Crippen MR) is 62.8 cm³/mol. The summed E-state index contributed by atoms with van der Waals surface area (Å²) in [7, 11) is 0. The van der Waals surface area contributed by atoms with Crippen molar-refractivity contribution in [3.8, 4) is 0 Å². The van der Waals surface area contributed by atoms with E-state index < -0.39 is 0 Å². The Labute approximate surface area is 92.3 Å². The Morgan fingerprint density at radius 3 is 2.47 bits per heavy atom. The van der Waals surface area contributed by atoms with Gasteiger partial charge in [-0.3, -0.25) is 0 Å². The molecule has 0 fully saturated rings.